The normalized spacial score (nSPS) is 12.1. The predicted molar refractivity (Wildman–Crippen MR) is 74.8 cm³/mol. The second kappa shape index (κ2) is 6.07. The number of aromatic nitrogens is 1. The Bertz CT molecular complexity index is 622. The minimum atomic E-state index is -0.671. The van der Waals surface area contributed by atoms with Crippen molar-refractivity contribution in [3.63, 3.8) is 0 Å². The molecule has 2 aromatic rings. The summed E-state index contributed by atoms with van der Waals surface area (Å²) in [7, 11) is 2.99. The molecule has 1 atom stereocenters. The average Bonchev–Trinajstić information content (AvgIpc) is 2.46. The fraction of sp³-hybridized carbons (Fsp3) is 0.214. The zero-order chi connectivity index (χ0) is 14.7. The van der Waals surface area contributed by atoms with Crippen LogP contribution in [0, 0.1) is 5.82 Å². The fourth-order valence-electron chi connectivity index (χ4n) is 1.94. The second-order valence-electron chi connectivity index (χ2n) is 4.11. The van der Waals surface area contributed by atoms with E-state index in [2.05, 4.69) is 4.98 Å². The summed E-state index contributed by atoms with van der Waals surface area (Å²) in [6, 6.07) is 4.17. The van der Waals surface area contributed by atoms with Crippen LogP contribution in [-0.2, 0) is 0 Å². The Balaban J connectivity index is 2.48. The van der Waals surface area contributed by atoms with E-state index < -0.39 is 11.9 Å². The summed E-state index contributed by atoms with van der Waals surface area (Å²) in [5.41, 5.74) is 7.04. The first kappa shape index (κ1) is 14.6. The lowest BCUT2D eigenvalue weighted by Crippen LogP contribution is -2.14. The van der Waals surface area contributed by atoms with Gasteiger partial charge in [0.25, 0.3) is 0 Å². The Kier molecular flexibility index (Phi) is 4.42. The van der Waals surface area contributed by atoms with Gasteiger partial charge in [-0.2, -0.15) is 0 Å². The van der Waals surface area contributed by atoms with Crippen LogP contribution in [0.3, 0.4) is 0 Å². The molecule has 0 aliphatic carbocycles. The summed E-state index contributed by atoms with van der Waals surface area (Å²) >= 11 is 6.12. The molecule has 0 radical (unpaired) electrons. The number of ether oxygens (including phenoxy) is 2. The van der Waals surface area contributed by atoms with Crippen LogP contribution in [0.2, 0.25) is 5.02 Å². The first-order valence-corrected chi connectivity index (χ1v) is 6.22. The molecule has 2 N–H and O–H groups in total. The van der Waals surface area contributed by atoms with Crippen LogP contribution in [0.1, 0.15) is 17.2 Å². The van der Waals surface area contributed by atoms with E-state index in [1.807, 2.05) is 0 Å². The third kappa shape index (κ3) is 2.69. The SMILES string of the molecule is COc1cc(C(N)c2ccncc2F)cc(Cl)c1OC. The molecule has 2 rings (SSSR count). The van der Waals surface area contributed by atoms with Crippen LogP contribution in [0.4, 0.5) is 4.39 Å². The van der Waals surface area contributed by atoms with Crippen molar-refractivity contribution in [2.45, 2.75) is 6.04 Å². The smallest absolute Gasteiger partial charge is 0.179 e. The van der Waals surface area contributed by atoms with Gasteiger partial charge in [0.05, 0.1) is 31.5 Å². The number of methoxy groups -OCH3 is 2. The largest absolute Gasteiger partial charge is 0.493 e. The number of nitrogens with two attached hydrogens (primary N) is 1. The Hall–Kier alpha value is -1.85. The van der Waals surface area contributed by atoms with E-state index >= 15 is 0 Å². The Morgan fingerprint density at radius 1 is 1.30 bits per heavy atom. The van der Waals surface area contributed by atoms with Crippen molar-refractivity contribution in [1.82, 2.24) is 4.98 Å². The van der Waals surface area contributed by atoms with Gasteiger partial charge in [-0.1, -0.05) is 11.6 Å². The van der Waals surface area contributed by atoms with Crippen molar-refractivity contribution in [3.05, 3.63) is 52.6 Å². The zero-order valence-corrected chi connectivity index (χ0v) is 11.8. The topological polar surface area (TPSA) is 57.4 Å². The molecule has 106 valence electrons. The van der Waals surface area contributed by atoms with Crippen molar-refractivity contribution in [2.75, 3.05) is 14.2 Å². The lowest BCUT2D eigenvalue weighted by atomic mass is 9.99. The predicted octanol–water partition coefficient (Wildman–Crippen LogP) is 2.94. The molecule has 1 aromatic heterocycles. The Morgan fingerprint density at radius 2 is 2.05 bits per heavy atom. The van der Waals surface area contributed by atoms with Crippen LogP contribution in [-0.4, -0.2) is 19.2 Å². The summed E-state index contributed by atoms with van der Waals surface area (Å²) < 4.78 is 24.1. The molecular formula is C14H14ClFN2O2. The van der Waals surface area contributed by atoms with Crippen LogP contribution >= 0.6 is 11.6 Å². The zero-order valence-electron chi connectivity index (χ0n) is 11.1. The average molecular weight is 297 g/mol. The Morgan fingerprint density at radius 3 is 2.65 bits per heavy atom. The van der Waals surface area contributed by atoms with E-state index in [9.17, 15) is 4.39 Å². The van der Waals surface area contributed by atoms with E-state index in [0.29, 0.717) is 27.6 Å². The van der Waals surface area contributed by atoms with Gasteiger partial charge in [0, 0.05) is 11.8 Å². The number of hydrogen-bond acceptors (Lipinski definition) is 4. The van der Waals surface area contributed by atoms with Crippen LogP contribution in [0.5, 0.6) is 11.5 Å². The molecule has 0 aliphatic heterocycles. The molecule has 0 amide bonds. The van der Waals surface area contributed by atoms with Crippen molar-refractivity contribution >= 4 is 11.6 Å². The van der Waals surface area contributed by atoms with Gasteiger partial charge in [-0.05, 0) is 23.8 Å². The van der Waals surface area contributed by atoms with Crippen molar-refractivity contribution in [3.8, 4) is 11.5 Å². The maximum atomic E-state index is 13.7. The third-order valence-electron chi connectivity index (χ3n) is 2.95. The quantitative estimate of drug-likeness (QED) is 0.942. The van der Waals surface area contributed by atoms with Gasteiger partial charge in [0.15, 0.2) is 11.5 Å². The van der Waals surface area contributed by atoms with E-state index in [4.69, 9.17) is 26.8 Å². The molecule has 0 bridgehead atoms. The summed E-state index contributed by atoms with van der Waals surface area (Å²) in [5.74, 6) is 0.395. The molecule has 0 saturated carbocycles. The molecule has 1 aromatic carbocycles. The standard InChI is InChI=1S/C14H14ClFN2O2/c1-19-12-6-8(5-10(15)14(12)20-2)13(17)9-3-4-18-7-11(9)16/h3-7,13H,17H2,1-2H3. The second-order valence-corrected chi connectivity index (χ2v) is 4.52. The molecule has 4 nitrogen and oxygen atoms in total. The number of benzene rings is 1. The van der Waals surface area contributed by atoms with E-state index in [0.717, 1.165) is 6.20 Å². The highest BCUT2D eigenvalue weighted by molar-refractivity contribution is 6.32. The van der Waals surface area contributed by atoms with Gasteiger partial charge < -0.3 is 15.2 Å². The maximum absolute atomic E-state index is 13.7. The van der Waals surface area contributed by atoms with E-state index in [-0.39, 0.29) is 0 Å². The summed E-state index contributed by atoms with van der Waals surface area (Å²) in [4.78, 5) is 3.70. The number of hydrogen-bond donors (Lipinski definition) is 1. The summed E-state index contributed by atoms with van der Waals surface area (Å²) in [6.07, 6.45) is 2.61. The lowest BCUT2D eigenvalue weighted by Gasteiger charge is -2.17. The van der Waals surface area contributed by atoms with Gasteiger partial charge in [0.1, 0.15) is 5.82 Å². The van der Waals surface area contributed by atoms with Gasteiger partial charge in [-0.3, -0.25) is 4.98 Å². The molecule has 1 heterocycles. The number of pyridine rings is 1. The number of nitrogens with zero attached hydrogens (tertiary/aromatic N) is 1. The molecule has 6 heteroatoms. The first-order chi connectivity index (χ1) is 9.58. The highest BCUT2D eigenvalue weighted by Crippen LogP contribution is 2.38. The van der Waals surface area contributed by atoms with Gasteiger partial charge in [-0.25, -0.2) is 4.39 Å². The molecule has 0 fully saturated rings. The summed E-state index contributed by atoms with van der Waals surface area (Å²) in [6.45, 7) is 0. The minimum absolute atomic E-state index is 0.336. The monoisotopic (exact) mass is 296 g/mol. The van der Waals surface area contributed by atoms with Gasteiger partial charge in [-0.15, -0.1) is 0 Å². The number of halogens is 2. The van der Waals surface area contributed by atoms with Crippen LogP contribution in [0.15, 0.2) is 30.6 Å². The van der Waals surface area contributed by atoms with Crippen molar-refractivity contribution in [1.29, 1.82) is 0 Å². The van der Waals surface area contributed by atoms with E-state index in [1.165, 1.54) is 26.5 Å². The lowest BCUT2D eigenvalue weighted by molar-refractivity contribution is 0.354. The van der Waals surface area contributed by atoms with Crippen LogP contribution in [0.25, 0.3) is 0 Å². The fourth-order valence-corrected chi connectivity index (χ4v) is 2.23. The first-order valence-electron chi connectivity index (χ1n) is 5.85. The minimum Gasteiger partial charge on any atom is -0.493 e. The molecule has 0 aliphatic rings. The molecule has 1 unspecified atom stereocenters. The molecule has 20 heavy (non-hydrogen) atoms. The summed E-state index contributed by atoms with van der Waals surface area (Å²) in [5, 5.41) is 0.353. The van der Waals surface area contributed by atoms with Gasteiger partial charge in [0.2, 0.25) is 0 Å². The van der Waals surface area contributed by atoms with E-state index in [1.54, 1.807) is 12.1 Å². The van der Waals surface area contributed by atoms with Crippen molar-refractivity contribution < 1.29 is 13.9 Å². The molecule has 0 spiro atoms. The molecule has 0 saturated heterocycles. The van der Waals surface area contributed by atoms with Gasteiger partial charge >= 0.3 is 0 Å². The number of rotatable bonds is 4. The van der Waals surface area contributed by atoms with Crippen molar-refractivity contribution in [2.24, 2.45) is 5.73 Å². The maximum Gasteiger partial charge on any atom is 0.179 e. The Labute approximate surface area is 121 Å². The highest BCUT2D eigenvalue weighted by atomic mass is 35.5. The highest BCUT2D eigenvalue weighted by Gasteiger charge is 2.18. The third-order valence-corrected chi connectivity index (χ3v) is 3.23. The van der Waals surface area contributed by atoms with Crippen LogP contribution < -0.4 is 15.2 Å². The molecular weight excluding hydrogens is 283 g/mol.